The zero-order valence-corrected chi connectivity index (χ0v) is 17.3. The SMILES string of the molecule is COc1ccc(C)cc1N1C(=NC(=O)CCCC(=O)O)S[C@@H]2CS(=O)(=O)C[C@H]21. The normalized spacial score (nSPS) is 24.4. The fourth-order valence-corrected chi connectivity index (χ4v) is 7.31. The Morgan fingerprint density at radius 3 is 2.75 bits per heavy atom. The molecule has 1 amide bonds. The van der Waals surface area contributed by atoms with Gasteiger partial charge in [0.1, 0.15) is 5.75 Å². The van der Waals surface area contributed by atoms with Gasteiger partial charge in [0.15, 0.2) is 15.0 Å². The van der Waals surface area contributed by atoms with E-state index in [1.807, 2.05) is 19.1 Å². The van der Waals surface area contributed by atoms with E-state index in [0.29, 0.717) is 16.6 Å². The molecule has 2 aliphatic heterocycles. The van der Waals surface area contributed by atoms with E-state index in [2.05, 4.69) is 4.99 Å². The second-order valence-corrected chi connectivity index (χ2v) is 10.2. The first-order valence-electron chi connectivity index (χ1n) is 8.84. The zero-order chi connectivity index (χ0) is 20.5. The monoisotopic (exact) mass is 426 g/mol. The molecule has 8 nitrogen and oxygen atoms in total. The number of amidine groups is 1. The molecule has 0 aromatic heterocycles. The summed E-state index contributed by atoms with van der Waals surface area (Å²) in [7, 11) is -1.62. The lowest BCUT2D eigenvalue weighted by Gasteiger charge is -2.26. The lowest BCUT2D eigenvalue weighted by molar-refractivity contribution is -0.137. The average Bonchev–Trinajstić information content (AvgIpc) is 3.05. The fourth-order valence-electron chi connectivity index (χ4n) is 3.39. The minimum atomic E-state index is -3.16. The molecule has 0 saturated carbocycles. The molecular formula is C18H22N2O6S2. The van der Waals surface area contributed by atoms with E-state index < -0.39 is 21.7 Å². The molecule has 2 atom stereocenters. The predicted molar refractivity (Wildman–Crippen MR) is 108 cm³/mol. The van der Waals surface area contributed by atoms with Gasteiger partial charge >= 0.3 is 5.97 Å². The number of fused-ring (bicyclic) bond motifs is 1. The number of benzene rings is 1. The highest BCUT2D eigenvalue weighted by Gasteiger charge is 2.50. The van der Waals surface area contributed by atoms with Crippen molar-refractivity contribution >= 4 is 44.3 Å². The number of hydrogen-bond acceptors (Lipinski definition) is 6. The Kier molecular flexibility index (Phi) is 5.99. The van der Waals surface area contributed by atoms with Crippen LogP contribution in [0.15, 0.2) is 23.2 Å². The topological polar surface area (TPSA) is 113 Å². The Bertz CT molecular complexity index is 928. The molecule has 10 heteroatoms. The molecule has 0 radical (unpaired) electrons. The third-order valence-electron chi connectivity index (χ3n) is 4.66. The van der Waals surface area contributed by atoms with Gasteiger partial charge in [0.25, 0.3) is 0 Å². The minimum Gasteiger partial charge on any atom is -0.495 e. The Labute approximate surface area is 167 Å². The molecule has 0 unspecified atom stereocenters. The van der Waals surface area contributed by atoms with E-state index >= 15 is 0 Å². The van der Waals surface area contributed by atoms with Crippen molar-refractivity contribution in [3.63, 3.8) is 0 Å². The van der Waals surface area contributed by atoms with Crippen molar-refractivity contribution < 1.29 is 27.9 Å². The van der Waals surface area contributed by atoms with Gasteiger partial charge in [-0.05, 0) is 31.0 Å². The summed E-state index contributed by atoms with van der Waals surface area (Å²) in [5.41, 5.74) is 1.65. The third kappa shape index (κ3) is 4.49. The lowest BCUT2D eigenvalue weighted by Crippen LogP contribution is -2.38. The number of anilines is 1. The molecule has 152 valence electrons. The second kappa shape index (κ2) is 8.12. The summed E-state index contributed by atoms with van der Waals surface area (Å²) in [6.07, 6.45) is 0.149. The van der Waals surface area contributed by atoms with Gasteiger partial charge in [0.2, 0.25) is 5.91 Å². The summed E-state index contributed by atoms with van der Waals surface area (Å²) in [5, 5.41) is 8.94. The van der Waals surface area contributed by atoms with E-state index in [9.17, 15) is 18.0 Å². The van der Waals surface area contributed by atoms with Crippen molar-refractivity contribution in [1.29, 1.82) is 0 Å². The first-order chi connectivity index (χ1) is 13.2. The van der Waals surface area contributed by atoms with E-state index in [0.717, 1.165) is 5.56 Å². The van der Waals surface area contributed by atoms with Crippen molar-refractivity contribution in [1.82, 2.24) is 0 Å². The summed E-state index contributed by atoms with van der Waals surface area (Å²) in [4.78, 5) is 28.9. The average molecular weight is 427 g/mol. The van der Waals surface area contributed by atoms with Crippen molar-refractivity contribution in [2.75, 3.05) is 23.5 Å². The van der Waals surface area contributed by atoms with Crippen molar-refractivity contribution in [2.24, 2.45) is 4.99 Å². The van der Waals surface area contributed by atoms with Crippen LogP contribution in [0.3, 0.4) is 0 Å². The van der Waals surface area contributed by atoms with Gasteiger partial charge in [0, 0.05) is 18.1 Å². The molecule has 1 N–H and O–H groups in total. The standard InChI is InChI=1S/C18H22N2O6S2/c1-11-6-7-14(26-2)12(8-11)20-13-9-28(24,25)10-15(13)27-18(20)19-16(21)4-3-5-17(22)23/h6-8,13,15H,3-5,9-10H2,1-2H3,(H,22,23)/t13-,15-/m1/s1. The summed E-state index contributed by atoms with van der Waals surface area (Å²) in [6.45, 7) is 1.92. The van der Waals surface area contributed by atoms with Crippen LogP contribution in [0.2, 0.25) is 0 Å². The molecule has 0 spiro atoms. The summed E-state index contributed by atoms with van der Waals surface area (Å²) in [6, 6.07) is 5.26. The highest BCUT2D eigenvalue weighted by atomic mass is 32.2. The van der Waals surface area contributed by atoms with Gasteiger partial charge < -0.3 is 14.7 Å². The number of ether oxygens (including phenoxy) is 1. The van der Waals surface area contributed by atoms with E-state index in [4.69, 9.17) is 9.84 Å². The van der Waals surface area contributed by atoms with Gasteiger partial charge in [-0.1, -0.05) is 17.8 Å². The van der Waals surface area contributed by atoms with Crippen LogP contribution >= 0.6 is 11.8 Å². The third-order valence-corrected chi connectivity index (χ3v) is 7.87. The number of aliphatic carboxylic acids is 1. The molecule has 3 rings (SSSR count). The highest BCUT2D eigenvalue weighted by molar-refractivity contribution is 8.16. The number of aryl methyl sites for hydroxylation is 1. The van der Waals surface area contributed by atoms with Crippen LogP contribution in [-0.4, -0.2) is 60.5 Å². The molecule has 0 aliphatic carbocycles. The van der Waals surface area contributed by atoms with Crippen molar-refractivity contribution in [3.8, 4) is 5.75 Å². The number of carboxylic acids is 1. The number of sulfone groups is 1. The van der Waals surface area contributed by atoms with Gasteiger partial charge in [-0.3, -0.25) is 9.59 Å². The number of hydrogen-bond donors (Lipinski definition) is 1. The maximum atomic E-state index is 12.3. The largest absolute Gasteiger partial charge is 0.495 e. The number of methoxy groups -OCH3 is 1. The predicted octanol–water partition coefficient (Wildman–Crippen LogP) is 1.86. The Balaban J connectivity index is 1.94. The summed E-state index contributed by atoms with van der Waals surface area (Å²) < 4.78 is 29.7. The fraction of sp³-hybridized carbons (Fsp3) is 0.500. The van der Waals surface area contributed by atoms with Gasteiger partial charge in [-0.25, -0.2) is 8.42 Å². The number of carboxylic acid groups (broad SMARTS) is 1. The highest BCUT2D eigenvalue weighted by Crippen LogP contribution is 2.44. The van der Waals surface area contributed by atoms with Crippen LogP contribution in [0, 0.1) is 6.92 Å². The lowest BCUT2D eigenvalue weighted by atomic mass is 10.1. The number of aliphatic imine (C=N–C) groups is 1. The molecular weight excluding hydrogens is 404 g/mol. The van der Waals surface area contributed by atoms with Crippen LogP contribution < -0.4 is 9.64 Å². The molecule has 2 aliphatic rings. The quantitative estimate of drug-likeness (QED) is 0.733. The molecule has 2 saturated heterocycles. The Morgan fingerprint density at radius 1 is 1.32 bits per heavy atom. The molecule has 1 aromatic rings. The molecule has 28 heavy (non-hydrogen) atoms. The number of carbonyl (C=O) groups is 2. The maximum absolute atomic E-state index is 12.3. The number of rotatable bonds is 6. The molecule has 2 fully saturated rings. The molecule has 2 heterocycles. The molecule has 1 aromatic carbocycles. The molecule has 0 bridgehead atoms. The van der Waals surface area contributed by atoms with Crippen LogP contribution in [0.4, 0.5) is 5.69 Å². The Hall–Kier alpha value is -2.07. The van der Waals surface area contributed by atoms with E-state index in [-0.39, 0.29) is 42.1 Å². The number of carbonyl (C=O) groups excluding carboxylic acids is 1. The maximum Gasteiger partial charge on any atom is 0.303 e. The van der Waals surface area contributed by atoms with Crippen molar-refractivity contribution in [2.45, 2.75) is 37.5 Å². The van der Waals surface area contributed by atoms with E-state index in [1.165, 1.54) is 18.9 Å². The summed E-state index contributed by atoms with van der Waals surface area (Å²) in [5.74, 6) is -0.764. The number of amides is 1. The van der Waals surface area contributed by atoms with Crippen LogP contribution in [-0.2, 0) is 19.4 Å². The van der Waals surface area contributed by atoms with Gasteiger partial charge in [-0.15, -0.1) is 0 Å². The zero-order valence-electron chi connectivity index (χ0n) is 15.6. The van der Waals surface area contributed by atoms with Crippen LogP contribution in [0.5, 0.6) is 5.75 Å². The van der Waals surface area contributed by atoms with Gasteiger partial charge in [-0.2, -0.15) is 4.99 Å². The minimum absolute atomic E-state index is 0.00596. The smallest absolute Gasteiger partial charge is 0.303 e. The first-order valence-corrected chi connectivity index (χ1v) is 11.5. The Morgan fingerprint density at radius 2 is 2.07 bits per heavy atom. The van der Waals surface area contributed by atoms with E-state index in [1.54, 1.807) is 11.0 Å². The van der Waals surface area contributed by atoms with Crippen molar-refractivity contribution in [3.05, 3.63) is 23.8 Å². The number of nitrogens with zero attached hydrogens (tertiary/aromatic N) is 2. The van der Waals surface area contributed by atoms with Crippen LogP contribution in [0.1, 0.15) is 24.8 Å². The second-order valence-electron chi connectivity index (χ2n) is 6.88. The summed E-state index contributed by atoms with van der Waals surface area (Å²) >= 11 is 1.28. The van der Waals surface area contributed by atoms with Gasteiger partial charge in [0.05, 0.1) is 30.3 Å². The number of thioether (sulfide) groups is 1. The van der Waals surface area contributed by atoms with Crippen LogP contribution in [0.25, 0.3) is 0 Å². The first kappa shape index (κ1) is 20.7.